The van der Waals surface area contributed by atoms with Crippen molar-refractivity contribution in [2.75, 3.05) is 24.6 Å². The van der Waals surface area contributed by atoms with Gasteiger partial charge in [0.05, 0.1) is 18.8 Å². The van der Waals surface area contributed by atoms with Gasteiger partial charge < -0.3 is 15.0 Å². The maximum absolute atomic E-state index is 13.7. The first kappa shape index (κ1) is 20.0. The third-order valence-electron chi connectivity index (χ3n) is 4.73. The first-order valence-electron chi connectivity index (χ1n) is 9.33. The third-order valence-corrected chi connectivity index (χ3v) is 4.73. The number of benzene rings is 2. The number of anilines is 1. The summed E-state index contributed by atoms with van der Waals surface area (Å²) in [6, 6.07) is 11.6. The number of rotatable bonds is 5. The van der Waals surface area contributed by atoms with E-state index >= 15 is 0 Å². The summed E-state index contributed by atoms with van der Waals surface area (Å²) in [6.07, 6.45) is 2.66. The van der Waals surface area contributed by atoms with E-state index in [-0.39, 0.29) is 23.6 Å². The number of carbonyl (C=O) groups is 1. The van der Waals surface area contributed by atoms with E-state index in [2.05, 4.69) is 16.3 Å². The van der Waals surface area contributed by atoms with E-state index in [1.165, 1.54) is 24.3 Å². The van der Waals surface area contributed by atoms with Crippen molar-refractivity contribution >= 4 is 17.7 Å². The molecule has 1 N–H and O–H groups in total. The summed E-state index contributed by atoms with van der Waals surface area (Å²) in [6.45, 7) is 6.28. The summed E-state index contributed by atoms with van der Waals surface area (Å²) >= 11 is 0. The smallest absolute Gasteiger partial charge is 0.244 e. The zero-order valence-corrected chi connectivity index (χ0v) is 16.0. The second-order valence-corrected chi connectivity index (χ2v) is 6.93. The van der Waals surface area contributed by atoms with Crippen LogP contribution in [0.25, 0.3) is 6.08 Å². The molecular weight excluding hydrogens is 362 g/mol. The van der Waals surface area contributed by atoms with Crippen LogP contribution in [0.1, 0.15) is 31.0 Å². The van der Waals surface area contributed by atoms with E-state index in [1.807, 2.05) is 32.0 Å². The molecule has 0 bridgehead atoms. The zero-order chi connectivity index (χ0) is 20.1. The highest BCUT2D eigenvalue weighted by molar-refractivity contribution is 5.92. The molecule has 1 fully saturated rings. The van der Waals surface area contributed by atoms with Crippen LogP contribution in [-0.2, 0) is 9.53 Å². The number of halogens is 2. The standard InChI is InChI=1S/C22H24F2N2O2/c1-15-14-26(11-12-28-15)19-7-3-6-18(13-19)16(2)25-21(27)10-9-17-5-4-8-20(23)22(17)24/h3-10,13,15-16H,11-12,14H2,1-2H3,(H,25,27)/t15-,16?/m0/s1. The van der Waals surface area contributed by atoms with Gasteiger partial charge >= 0.3 is 0 Å². The van der Waals surface area contributed by atoms with Crippen LogP contribution in [0, 0.1) is 11.6 Å². The molecular formula is C22H24F2N2O2. The number of hydrogen-bond donors (Lipinski definition) is 1. The maximum Gasteiger partial charge on any atom is 0.244 e. The Hall–Kier alpha value is -2.73. The fourth-order valence-corrected chi connectivity index (χ4v) is 3.20. The van der Waals surface area contributed by atoms with Crippen molar-refractivity contribution < 1.29 is 18.3 Å². The van der Waals surface area contributed by atoms with E-state index < -0.39 is 11.6 Å². The lowest BCUT2D eigenvalue weighted by atomic mass is 10.1. The Balaban J connectivity index is 1.65. The lowest BCUT2D eigenvalue weighted by molar-refractivity contribution is -0.117. The molecule has 2 aromatic rings. The van der Waals surface area contributed by atoms with Crippen LogP contribution in [0.5, 0.6) is 0 Å². The van der Waals surface area contributed by atoms with Gasteiger partial charge in [-0.3, -0.25) is 4.79 Å². The number of hydrogen-bond acceptors (Lipinski definition) is 3. The molecule has 1 heterocycles. The van der Waals surface area contributed by atoms with Crippen LogP contribution < -0.4 is 10.2 Å². The quantitative estimate of drug-likeness (QED) is 0.788. The molecule has 3 rings (SSSR count). The highest BCUT2D eigenvalue weighted by Gasteiger charge is 2.18. The van der Waals surface area contributed by atoms with E-state index in [0.717, 1.165) is 30.4 Å². The molecule has 0 saturated carbocycles. The Labute approximate surface area is 163 Å². The maximum atomic E-state index is 13.7. The Kier molecular flexibility index (Phi) is 6.41. The van der Waals surface area contributed by atoms with Crippen molar-refractivity contribution in [3.05, 3.63) is 71.3 Å². The van der Waals surface area contributed by atoms with Crippen LogP contribution in [0.3, 0.4) is 0 Å². The van der Waals surface area contributed by atoms with Crippen molar-refractivity contribution in [1.29, 1.82) is 0 Å². The van der Waals surface area contributed by atoms with Crippen molar-refractivity contribution in [3.63, 3.8) is 0 Å². The van der Waals surface area contributed by atoms with Gasteiger partial charge in [0, 0.05) is 30.4 Å². The SMILES string of the molecule is CC(NC(=O)C=Cc1cccc(F)c1F)c1cccc(N2CCO[C@@H](C)C2)c1. The molecule has 2 atom stereocenters. The summed E-state index contributed by atoms with van der Waals surface area (Å²) in [7, 11) is 0. The second kappa shape index (κ2) is 8.97. The summed E-state index contributed by atoms with van der Waals surface area (Å²) in [5, 5.41) is 2.85. The summed E-state index contributed by atoms with van der Waals surface area (Å²) in [5.74, 6) is -2.28. The van der Waals surface area contributed by atoms with Crippen molar-refractivity contribution in [3.8, 4) is 0 Å². The normalized spacial score (nSPS) is 18.3. The van der Waals surface area contributed by atoms with Gasteiger partial charge in [0.2, 0.25) is 5.91 Å². The topological polar surface area (TPSA) is 41.6 Å². The molecule has 1 unspecified atom stereocenters. The van der Waals surface area contributed by atoms with E-state index in [1.54, 1.807) is 0 Å². The molecule has 148 valence electrons. The van der Waals surface area contributed by atoms with Crippen LogP contribution in [0.4, 0.5) is 14.5 Å². The number of amides is 1. The molecule has 2 aromatic carbocycles. The number of ether oxygens (including phenoxy) is 1. The number of nitrogens with zero attached hydrogens (tertiary/aromatic N) is 1. The fraction of sp³-hybridized carbons (Fsp3) is 0.318. The molecule has 0 aliphatic carbocycles. The second-order valence-electron chi connectivity index (χ2n) is 6.93. The first-order valence-corrected chi connectivity index (χ1v) is 9.33. The predicted octanol–water partition coefficient (Wildman–Crippen LogP) is 4.08. The van der Waals surface area contributed by atoms with Crippen LogP contribution in [0.2, 0.25) is 0 Å². The Bertz CT molecular complexity index is 869. The minimum Gasteiger partial charge on any atom is -0.375 e. The number of morpholine rings is 1. The fourth-order valence-electron chi connectivity index (χ4n) is 3.20. The molecule has 0 radical (unpaired) electrons. The highest BCUT2D eigenvalue weighted by atomic mass is 19.2. The van der Waals surface area contributed by atoms with E-state index in [0.29, 0.717) is 6.61 Å². The predicted molar refractivity (Wildman–Crippen MR) is 106 cm³/mol. The molecule has 4 nitrogen and oxygen atoms in total. The lowest BCUT2D eigenvalue weighted by Crippen LogP contribution is -2.41. The average molecular weight is 386 g/mol. The molecule has 1 amide bonds. The van der Waals surface area contributed by atoms with Crippen molar-refractivity contribution in [1.82, 2.24) is 5.32 Å². The van der Waals surface area contributed by atoms with Gasteiger partial charge in [-0.1, -0.05) is 24.3 Å². The largest absolute Gasteiger partial charge is 0.375 e. The van der Waals surface area contributed by atoms with Crippen LogP contribution in [0.15, 0.2) is 48.5 Å². The molecule has 1 saturated heterocycles. The summed E-state index contributed by atoms with van der Waals surface area (Å²) in [5.41, 5.74) is 2.09. The third kappa shape index (κ3) is 4.95. The lowest BCUT2D eigenvalue weighted by Gasteiger charge is -2.33. The highest BCUT2D eigenvalue weighted by Crippen LogP contribution is 2.22. The van der Waals surface area contributed by atoms with Gasteiger partial charge in [-0.2, -0.15) is 0 Å². The van der Waals surface area contributed by atoms with Gasteiger partial charge in [0.25, 0.3) is 0 Å². The molecule has 1 aliphatic rings. The van der Waals surface area contributed by atoms with Gasteiger partial charge in [-0.25, -0.2) is 8.78 Å². The molecule has 6 heteroatoms. The Morgan fingerprint density at radius 3 is 2.86 bits per heavy atom. The Morgan fingerprint density at radius 1 is 1.29 bits per heavy atom. The molecule has 0 spiro atoms. The molecule has 1 aliphatic heterocycles. The van der Waals surface area contributed by atoms with Crippen LogP contribution >= 0.6 is 0 Å². The van der Waals surface area contributed by atoms with Crippen molar-refractivity contribution in [2.45, 2.75) is 26.0 Å². The minimum absolute atomic E-state index is 0.0336. The van der Waals surface area contributed by atoms with E-state index in [4.69, 9.17) is 4.74 Å². The van der Waals surface area contributed by atoms with Gasteiger partial charge in [-0.15, -0.1) is 0 Å². The first-order chi connectivity index (χ1) is 13.4. The molecule has 0 aromatic heterocycles. The molecule has 28 heavy (non-hydrogen) atoms. The monoisotopic (exact) mass is 386 g/mol. The average Bonchev–Trinajstić information content (AvgIpc) is 2.69. The Morgan fingerprint density at radius 2 is 2.07 bits per heavy atom. The zero-order valence-electron chi connectivity index (χ0n) is 16.0. The minimum atomic E-state index is -0.966. The van der Waals surface area contributed by atoms with Crippen molar-refractivity contribution in [2.24, 2.45) is 0 Å². The summed E-state index contributed by atoms with van der Waals surface area (Å²) in [4.78, 5) is 14.4. The van der Waals surface area contributed by atoms with Gasteiger partial charge in [0.1, 0.15) is 0 Å². The van der Waals surface area contributed by atoms with Gasteiger partial charge in [-0.05, 0) is 43.7 Å². The van der Waals surface area contributed by atoms with E-state index in [9.17, 15) is 13.6 Å². The summed E-state index contributed by atoms with van der Waals surface area (Å²) < 4.78 is 32.5. The van der Waals surface area contributed by atoms with Crippen LogP contribution in [-0.4, -0.2) is 31.7 Å². The van der Waals surface area contributed by atoms with Gasteiger partial charge in [0.15, 0.2) is 11.6 Å². The number of nitrogens with one attached hydrogen (secondary N) is 1. The number of carbonyl (C=O) groups excluding carboxylic acids is 1.